The number of hydrogen-bond donors (Lipinski definition) is 1. The number of aliphatic imine (C=N–C) groups is 1. The van der Waals surface area contributed by atoms with Gasteiger partial charge in [0.05, 0.1) is 6.54 Å². The van der Waals surface area contributed by atoms with E-state index in [-0.39, 0.29) is 29.9 Å². The van der Waals surface area contributed by atoms with Crippen LogP contribution in [0.2, 0.25) is 0 Å². The topological polar surface area (TPSA) is 51.2 Å². The first-order valence-corrected chi connectivity index (χ1v) is 11.1. The second-order valence-electron chi connectivity index (χ2n) is 8.46. The molecule has 7 heteroatoms. The number of benzene rings is 1. The van der Waals surface area contributed by atoms with Crippen molar-refractivity contribution in [3.63, 3.8) is 0 Å². The van der Waals surface area contributed by atoms with Gasteiger partial charge in [0, 0.05) is 52.7 Å². The largest absolute Gasteiger partial charge is 0.357 e. The van der Waals surface area contributed by atoms with Crippen LogP contribution in [-0.4, -0.2) is 72.4 Å². The predicted octanol–water partition coefficient (Wildman–Crippen LogP) is 3.17. The summed E-state index contributed by atoms with van der Waals surface area (Å²) in [5, 5.41) is 3.40. The van der Waals surface area contributed by atoms with Gasteiger partial charge in [-0.15, -0.1) is 24.0 Å². The molecule has 1 aromatic carbocycles. The molecule has 2 saturated heterocycles. The lowest BCUT2D eigenvalue weighted by molar-refractivity contribution is -0.130. The van der Waals surface area contributed by atoms with Gasteiger partial charge in [0.1, 0.15) is 0 Å². The Balaban J connectivity index is 0.00000320. The molecule has 0 aromatic heterocycles. The Kier molecular flexibility index (Phi) is 10.4. The van der Waals surface area contributed by atoms with E-state index < -0.39 is 0 Å². The SMILES string of the molecule is CCNC(=NCc1ccc(CN2CCCC(C)C2)cc1)N1CCN(C(C)=O)CC1.I. The van der Waals surface area contributed by atoms with Crippen LogP contribution in [-0.2, 0) is 17.9 Å². The number of carbonyl (C=O) groups is 1. The van der Waals surface area contributed by atoms with Gasteiger partial charge < -0.3 is 15.1 Å². The average Bonchev–Trinajstić information content (AvgIpc) is 2.72. The summed E-state index contributed by atoms with van der Waals surface area (Å²) in [6.07, 6.45) is 2.69. The lowest BCUT2D eigenvalue weighted by Crippen LogP contribution is -2.53. The molecule has 2 aliphatic rings. The van der Waals surface area contributed by atoms with Crippen molar-refractivity contribution in [1.82, 2.24) is 20.0 Å². The van der Waals surface area contributed by atoms with Gasteiger partial charge in [-0.3, -0.25) is 9.69 Å². The molecule has 0 saturated carbocycles. The molecule has 3 rings (SSSR count). The van der Waals surface area contributed by atoms with Gasteiger partial charge in [-0.25, -0.2) is 4.99 Å². The van der Waals surface area contributed by atoms with Gasteiger partial charge in [0.2, 0.25) is 5.91 Å². The van der Waals surface area contributed by atoms with Crippen LogP contribution in [0.5, 0.6) is 0 Å². The number of likely N-dealkylation sites (tertiary alicyclic amines) is 1. The number of amides is 1. The first-order chi connectivity index (χ1) is 14.0. The summed E-state index contributed by atoms with van der Waals surface area (Å²) < 4.78 is 0. The molecule has 6 nitrogen and oxygen atoms in total. The average molecular weight is 527 g/mol. The number of piperazine rings is 1. The van der Waals surface area contributed by atoms with Gasteiger partial charge >= 0.3 is 0 Å². The molecule has 2 heterocycles. The van der Waals surface area contributed by atoms with Crippen LogP contribution in [0.3, 0.4) is 0 Å². The fourth-order valence-electron chi connectivity index (χ4n) is 4.26. The summed E-state index contributed by atoms with van der Waals surface area (Å²) in [4.78, 5) is 23.1. The van der Waals surface area contributed by atoms with E-state index in [1.54, 1.807) is 6.92 Å². The molecule has 30 heavy (non-hydrogen) atoms. The van der Waals surface area contributed by atoms with Crippen LogP contribution in [0.25, 0.3) is 0 Å². The van der Waals surface area contributed by atoms with E-state index in [1.165, 1.54) is 37.1 Å². The number of rotatable bonds is 5. The van der Waals surface area contributed by atoms with Gasteiger partial charge in [-0.05, 0) is 43.4 Å². The zero-order chi connectivity index (χ0) is 20.6. The number of nitrogens with zero attached hydrogens (tertiary/aromatic N) is 4. The Labute approximate surface area is 199 Å². The van der Waals surface area contributed by atoms with Gasteiger partial charge in [-0.2, -0.15) is 0 Å². The quantitative estimate of drug-likeness (QED) is 0.363. The summed E-state index contributed by atoms with van der Waals surface area (Å²) in [6, 6.07) is 8.93. The first kappa shape index (κ1) is 24.9. The van der Waals surface area contributed by atoms with Gasteiger partial charge in [0.15, 0.2) is 5.96 Å². The fourth-order valence-corrected chi connectivity index (χ4v) is 4.26. The summed E-state index contributed by atoms with van der Waals surface area (Å²) in [5.41, 5.74) is 2.62. The maximum Gasteiger partial charge on any atom is 0.219 e. The molecule has 2 aliphatic heterocycles. The molecule has 1 aromatic rings. The zero-order valence-electron chi connectivity index (χ0n) is 18.8. The molecule has 0 spiro atoms. The van der Waals surface area contributed by atoms with Crippen molar-refractivity contribution in [1.29, 1.82) is 0 Å². The van der Waals surface area contributed by atoms with Crippen LogP contribution in [0.4, 0.5) is 0 Å². The Hall–Kier alpha value is -1.35. The lowest BCUT2D eigenvalue weighted by Gasteiger charge is -2.36. The van der Waals surface area contributed by atoms with Gasteiger partial charge in [0.25, 0.3) is 0 Å². The van der Waals surface area contributed by atoms with Crippen LogP contribution < -0.4 is 5.32 Å². The number of hydrogen-bond acceptors (Lipinski definition) is 3. The number of guanidine groups is 1. The first-order valence-electron chi connectivity index (χ1n) is 11.1. The Bertz CT molecular complexity index is 685. The third-order valence-corrected chi connectivity index (χ3v) is 5.94. The van der Waals surface area contributed by atoms with Crippen molar-refractivity contribution in [2.75, 3.05) is 45.8 Å². The Morgan fingerprint density at radius 2 is 1.70 bits per heavy atom. The van der Waals surface area contributed by atoms with E-state index in [2.05, 4.69) is 53.2 Å². The summed E-state index contributed by atoms with van der Waals surface area (Å²) in [6.45, 7) is 14.3. The highest BCUT2D eigenvalue weighted by molar-refractivity contribution is 14.0. The van der Waals surface area contributed by atoms with Crippen molar-refractivity contribution < 1.29 is 4.79 Å². The molecule has 1 unspecified atom stereocenters. The molecule has 1 N–H and O–H groups in total. The highest BCUT2D eigenvalue weighted by atomic mass is 127. The van der Waals surface area contributed by atoms with Crippen molar-refractivity contribution in [3.8, 4) is 0 Å². The fraction of sp³-hybridized carbons (Fsp3) is 0.652. The third-order valence-electron chi connectivity index (χ3n) is 5.94. The van der Waals surface area contributed by atoms with Crippen LogP contribution >= 0.6 is 24.0 Å². The smallest absolute Gasteiger partial charge is 0.219 e. The number of carbonyl (C=O) groups excluding carboxylic acids is 1. The monoisotopic (exact) mass is 527 g/mol. The molecule has 1 atom stereocenters. The van der Waals surface area contributed by atoms with Crippen molar-refractivity contribution >= 4 is 35.8 Å². The third kappa shape index (κ3) is 7.41. The minimum atomic E-state index is 0. The standard InChI is InChI=1S/C23H37N5O.HI/c1-4-24-23(28-14-12-27(13-15-28)20(3)29)25-16-21-7-9-22(10-8-21)18-26-11-5-6-19(2)17-26;/h7-10,19H,4-6,11-18H2,1-3H3,(H,24,25);1H. The Morgan fingerprint density at radius 3 is 2.30 bits per heavy atom. The maximum absolute atomic E-state index is 11.5. The van der Waals surface area contributed by atoms with Crippen molar-refractivity contribution in [2.24, 2.45) is 10.9 Å². The molecular formula is C23H38IN5O. The van der Waals surface area contributed by atoms with Crippen molar-refractivity contribution in [2.45, 2.75) is 46.7 Å². The highest BCUT2D eigenvalue weighted by Crippen LogP contribution is 2.18. The maximum atomic E-state index is 11.5. The van der Waals surface area contributed by atoms with Crippen LogP contribution in [0, 0.1) is 5.92 Å². The second kappa shape index (κ2) is 12.5. The minimum absolute atomic E-state index is 0. The van der Waals surface area contributed by atoms with E-state index in [1.807, 2.05) is 4.90 Å². The highest BCUT2D eigenvalue weighted by Gasteiger charge is 2.21. The molecule has 2 fully saturated rings. The summed E-state index contributed by atoms with van der Waals surface area (Å²) in [7, 11) is 0. The molecule has 0 bridgehead atoms. The summed E-state index contributed by atoms with van der Waals surface area (Å²) in [5.74, 6) is 1.92. The van der Waals surface area contributed by atoms with Crippen LogP contribution in [0.15, 0.2) is 29.3 Å². The zero-order valence-corrected chi connectivity index (χ0v) is 21.1. The molecule has 0 aliphatic carbocycles. The molecule has 1 amide bonds. The van der Waals surface area contributed by atoms with E-state index in [0.717, 1.165) is 51.1 Å². The normalized spacial score (nSPS) is 20.6. The van der Waals surface area contributed by atoms with Crippen LogP contribution in [0.1, 0.15) is 44.7 Å². The van der Waals surface area contributed by atoms with E-state index in [9.17, 15) is 4.79 Å². The lowest BCUT2D eigenvalue weighted by atomic mass is 9.99. The molecular weight excluding hydrogens is 489 g/mol. The van der Waals surface area contributed by atoms with E-state index >= 15 is 0 Å². The predicted molar refractivity (Wildman–Crippen MR) is 134 cm³/mol. The summed E-state index contributed by atoms with van der Waals surface area (Å²) >= 11 is 0. The number of nitrogens with one attached hydrogen (secondary N) is 1. The van der Waals surface area contributed by atoms with E-state index in [0.29, 0.717) is 6.54 Å². The molecule has 168 valence electrons. The second-order valence-corrected chi connectivity index (χ2v) is 8.46. The van der Waals surface area contributed by atoms with E-state index in [4.69, 9.17) is 4.99 Å². The molecule has 0 radical (unpaired) electrons. The van der Waals surface area contributed by atoms with Gasteiger partial charge in [-0.1, -0.05) is 31.2 Å². The number of piperidine rings is 1. The number of halogens is 1. The van der Waals surface area contributed by atoms with Crippen molar-refractivity contribution in [3.05, 3.63) is 35.4 Å². The minimum Gasteiger partial charge on any atom is -0.357 e. The Morgan fingerprint density at radius 1 is 1.07 bits per heavy atom.